The van der Waals surface area contributed by atoms with Crippen LogP contribution in [0, 0.1) is 17.0 Å². The van der Waals surface area contributed by atoms with Crippen LogP contribution in [0.1, 0.15) is 28.7 Å². The van der Waals surface area contributed by atoms with Crippen LogP contribution in [0.25, 0.3) is 11.1 Å². The van der Waals surface area contributed by atoms with Crippen LogP contribution in [0.4, 0.5) is 18.9 Å². The van der Waals surface area contributed by atoms with Gasteiger partial charge in [-0.3, -0.25) is 10.1 Å². The molecule has 0 aliphatic rings. The van der Waals surface area contributed by atoms with Gasteiger partial charge in [-0.2, -0.15) is 13.2 Å². The van der Waals surface area contributed by atoms with Gasteiger partial charge in [-0.05, 0) is 37.6 Å². The molecule has 0 saturated carbocycles. The predicted octanol–water partition coefficient (Wildman–Crippen LogP) is 4.16. The zero-order valence-corrected chi connectivity index (χ0v) is 13.3. The summed E-state index contributed by atoms with van der Waals surface area (Å²) in [5.41, 5.74) is -1.46. The average Bonchev–Trinajstić information content (AvgIpc) is 2.53. The van der Waals surface area contributed by atoms with E-state index >= 15 is 0 Å². The molecule has 0 bridgehead atoms. The zero-order chi connectivity index (χ0) is 18.8. The van der Waals surface area contributed by atoms with Crippen molar-refractivity contribution in [3.63, 3.8) is 0 Å². The molecule has 0 radical (unpaired) electrons. The molecule has 0 saturated heterocycles. The quantitative estimate of drug-likeness (QED) is 0.468. The number of nitro groups is 1. The molecule has 132 valence electrons. The number of aromatic nitrogens is 1. The standard InChI is InChI=1S/C16H13F3N2O4/c1-3-25-15(22)14-9(2)20-13(16(17,18)19)8-12(14)10-4-6-11(7-5-10)21(23)24/h4-8H,3H2,1-2H3. The van der Waals surface area contributed by atoms with Crippen molar-refractivity contribution in [2.75, 3.05) is 6.61 Å². The minimum atomic E-state index is -4.70. The fourth-order valence-corrected chi connectivity index (χ4v) is 2.27. The number of benzene rings is 1. The van der Waals surface area contributed by atoms with Crippen molar-refractivity contribution >= 4 is 11.7 Å². The second kappa shape index (κ2) is 6.88. The Bertz CT molecular complexity index is 817. The summed E-state index contributed by atoms with van der Waals surface area (Å²) in [7, 11) is 0. The van der Waals surface area contributed by atoms with Crippen LogP contribution in [0.15, 0.2) is 30.3 Å². The molecular formula is C16H13F3N2O4. The van der Waals surface area contributed by atoms with Crippen molar-refractivity contribution in [3.8, 4) is 11.1 Å². The minimum absolute atomic E-state index is 0.0407. The maximum absolute atomic E-state index is 13.0. The van der Waals surface area contributed by atoms with Crippen LogP contribution in [0.2, 0.25) is 0 Å². The van der Waals surface area contributed by atoms with E-state index in [-0.39, 0.29) is 34.7 Å². The van der Waals surface area contributed by atoms with Gasteiger partial charge < -0.3 is 4.74 Å². The smallest absolute Gasteiger partial charge is 0.433 e. The number of hydrogen-bond acceptors (Lipinski definition) is 5. The van der Waals surface area contributed by atoms with E-state index < -0.39 is 22.8 Å². The lowest BCUT2D eigenvalue weighted by Gasteiger charge is -2.15. The van der Waals surface area contributed by atoms with Crippen LogP contribution < -0.4 is 0 Å². The molecule has 2 rings (SSSR count). The SMILES string of the molecule is CCOC(=O)c1c(-c2ccc([N+](=O)[O-])cc2)cc(C(F)(F)F)nc1C. The van der Waals surface area contributed by atoms with E-state index in [0.717, 1.165) is 18.2 Å². The van der Waals surface area contributed by atoms with E-state index in [1.54, 1.807) is 6.92 Å². The molecule has 1 aromatic carbocycles. The van der Waals surface area contributed by atoms with Crippen molar-refractivity contribution < 1.29 is 27.6 Å². The van der Waals surface area contributed by atoms with Crippen LogP contribution in [0.3, 0.4) is 0 Å². The van der Waals surface area contributed by atoms with Crippen molar-refractivity contribution in [1.82, 2.24) is 4.98 Å². The molecule has 0 amide bonds. The third-order valence-electron chi connectivity index (χ3n) is 3.36. The molecule has 0 aliphatic heterocycles. The summed E-state index contributed by atoms with van der Waals surface area (Å²) < 4.78 is 44.0. The fourth-order valence-electron chi connectivity index (χ4n) is 2.27. The number of rotatable bonds is 4. The highest BCUT2D eigenvalue weighted by molar-refractivity contribution is 5.98. The number of aryl methyl sites for hydroxylation is 1. The first-order chi connectivity index (χ1) is 11.6. The number of nitrogens with zero attached hydrogens (tertiary/aromatic N) is 2. The van der Waals surface area contributed by atoms with Gasteiger partial charge in [0.25, 0.3) is 5.69 Å². The van der Waals surface area contributed by atoms with E-state index in [9.17, 15) is 28.1 Å². The number of nitro benzene ring substituents is 1. The molecule has 1 aromatic heterocycles. The molecule has 6 nitrogen and oxygen atoms in total. The first-order valence-corrected chi connectivity index (χ1v) is 7.16. The van der Waals surface area contributed by atoms with E-state index in [1.165, 1.54) is 19.1 Å². The van der Waals surface area contributed by atoms with Gasteiger partial charge >= 0.3 is 12.1 Å². The Morgan fingerprint density at radius 1 is 1.28 bits per heavy atom. The van der Waals surface area contributed by atoms with Gasteiger partial charge in [0.15, 0.2) is 0 Å². The zero-order valence-electron chi connectivity index (χ0n) is 13.3. The largest absolute Gasteiger partial charge is 0.462 e. The van der Waals surface area contributed by atoms with Crippen molar-refractivity contribution in [2.45, 2.75) is 20.0 Å². The number of pyridine rings is 1. The number of halogens is 3. The Labute approximate surface area is 140 Å². The summed E-state index contributed by atoms with van der Waals surface area (Å²) in [5.74, 6) is -0.811. The monoisotopic (exact) mass is 354 g/mol. The highest BCUT2D eigenvalue weighted by Gasteiger charge is 2.35. The third kappa shape index (κ3) is 3.93. The van der Waals surface area contributed by atoms with Crippen LogP contribution >= 0.6 is 0 Å². The Morgan fingerprint density at radius 3 is 2.36 bits per heavy atom. The van der Waals surface area contributed by atoms with Gasteiger partial charge in [-0.15, -0.1) is 0 Å². The van der Waals surface area contributed by atoms with E-state index in [0.29, 0.717) is 0 Å². The number of ether oxygens (including phenoxy) is 1. The molecule has 25 heavy (non-hydrogen) atoms. The molecule has 1 heterocycles. The number of alkyl halides is 3. The topological polar surface area (TPSA) is 82.3 Å². The summed E-state index contributed by atoms with van der Waals surface area (Å²) in [5, 5.41) is 10.7. The summed E-state index contributed by atoms with van der Waals surface area (Å²) >= 11 is 0. The Kier molecular flexibility index (Phi) is 5.05. The molecule has 0 spiro atoms. The molecule has 0 unspecified atom stereocenters. The van der Waals surface area contributed by atoms with Gasteiger partial charge in [-0.1, -0.05) is 0 Å². The first-order valence-electron chi connectivity index (χ1n) is 7.16. The number of carbonyl (C=O) groups excluding carboxylic acids is 1. The lowest BCUT2D eigenvalue weighted by Crippen LogP contribution is -2.15. The Morgan fingerprint density at radius 2 is 1.88 bits per heavy atom. The normalized spacial score (nSPS) is 11.2. The van der Waals surface area contributed by atoms with Gasteiger partial charge in [0.1, 0.15) is 5.69 Å². The predicted molar refractivity (Wildman–Crippen MR) is 82.0 cm³/mol. The van der Waals surface area contributed by atoms with E-state index in [1.807, 2.05) is 0 Å². The molecule has 0 atom stereocenters. The number of carbonyl (C=O) groups is 1. The second-order valence-electron chi connectivity index (χ2n) is 5.04. The summed E-state index contributed by atoms with van der Waals surface area (Å²) in [6, 6.07) is 5.58. The highest BCUT2D eigenvalue weighted by Crippen LogP contribution is 2.34. The second-order valence-corrected chi connectivity index (χ2v) is 5.04. The van der Waals surface area contributed by atoms with Gasteiger partial charge in [0, 0.05) is 17.7 Å². The van der Waals surface area contributed by atoms with E-state index in [2.05, 4.69) is 4.98 Å². The number of hydrogen-bond donors (Lipinski definition) is 0. The Hall–Kier alpha value is -2.97. The molecule has 2 aromatic rings. The fraction of sp³-hybridized carbons (Fsp3) is 0.250. The molecule has 0 aliphatic carbocycles. The molecule has 0 fully saturated rings. The minimum Gasteiger partial charge on any atom is -0.462 e. The Balaban J connectivity index is 2.68. The molecule has 9 heteroatoms. The lowest BCUT2D eigenvalue weighted by atomic mass is 9.97. The van der Waals surface area contributed by atoms with Crippen molar-refractivity contribution in [3.05, 3.63) is 57.4 Å². The number of non-ortho nitro benzene ring substituents is 1. The van der Waals surface area contributed by atoms with Crippen molar-refractivity contribution in [2.24, 2.45) is 0 Å². The maximum atomic E-state index is 13.0. The molecule has 0 N–H and O–H groups in total. The summed E-state index contributed by atoms with van der Waals surface area (Å²) in [6.45, 7) is 2.88. The van der Waals surface area contributed by atoms with Gasteiger partial charge in [0.2, 0.25) is 0 Å². The third-order valence-corrected chi connectivity index (χ3v) is 3.36. The van der Waals surface area contributed by atoms with E-state index in [4.69, 9.17) is 4.74 Å². The van der Waals surface area contributed by atoms with Crippen molar-refractivity contribution in [1.29, 1.82) is 0 Å². The first kappa shape index (κ1) is 18.4. The summed E-state index contributed by atoms with van der Waals surface area (Å²) in [4.78, 5) is 25.7. The van der Waals surface area contributed by atoms with Gasteiger partial charge in [0.05, 0.1) is 22.8 Å². The summed E-state index contributed by atoms with van der Waals surface area (Å²) in [6.07, 6.45) is -4.70. The van der Waals surface area contributed by atoms with Crippen LogP contribution in [0.5, 0.6) is 0 Å². The molecular weight excluding hydrogens is 341 g/mol. The maximum Gasteiger partial charge on any atom is 0.433 e. The lowest BCUT2D eigenvalue weighted by molar-refractivity contribution is -0.384. The van der Waals surface area contributed by atoms with Gasteiger partial charge in [-0.25, -0.2) is 9.78 Å². The van der Waals surface area contributed by atoms with Crippen LogP contribution in [-0.4, -0.2) is 22.5 Å². The number of esters is 1. The highest BCUT2D eigenvalue weighted by atomic mass is 19.4. The average molecular weight is 354 g/mol. The van der Waals surface area contributed by atoms with Crippen LogP contribution in [-0.2, 0) is 10.9 Å².